The lowest BCUT2D eigenvalue weighted by atomic mass is 10.1. The van der Waals surface area contributed by atoms with Crippen LogP contribution in [0.3, 0.4) is 0 Å². The molecule has 0 saturated carbocycles. The van der Waals surface area contributed by atoms with E-state index in [9.17, 15) is 19.0 Å². The lowest BCUT2D eigenvalue weighted by Crippen LogP contribution is -2.13. The summed E-state index contributed by atoms with van der Waals surface area (Å²) >= 11 is 0. The summed E-state index contributed by atoms with van der Waals surface area (Å²) < 4.78 is 41.4. The number of phosphoric acid groups is 2. The van der Waals surface area contributed by atoms with Gasteiger partial charge in [0.1, 0.15) is 12.6 Å². The molecule has 0 radical (unpaired) electrons. The van der Waals surface area contributed by atoms with Gasteiger partial charge in [-0.2, -0.15) is 0 Å². The Morgan fingerprint density at radius 1 is 0.680 bits per heavy atom. The lowest BCUT2D eigenvalue weighted by molar-refractivity contribution is -0.106. The Morgan fingerprint density at radius 3 is 1.36 bits per heavy atom. The first kappa shape index (κ1) is 42.5. The minimum atomic E-state index is -3.81. The number of hydrogen-bond acceptors (Lipinski definition) is 10. The van der Waals surface area contributed by atoms with Gasteiger partial charge in [0.2, 0.25) is 0 Å². The smallest absolute Gasteiger partial charge is 0.396 e. The number of aliphatic hydroxyl groups is 2. The van der Waals surface area contributed by atoms with Crippen LogP contribution in [0.4, 0.5) is 0 Å². The van der Waals surface area contributed by atoms with E-state index in [0.29, 0.717) is 19.3 Å². The Bertz CT molecular complexity index is 1510. The van der Waals surface area contributed by atoms with Gasteiger partial charge < -0.3 is 24.8 Å². The maximum atomic E-state index is 11.1. The van der Waals surface area contributed by atoms with Gasteiger partial charge in [0.25, 0.3) is 0 Å². The van der Waals surface area contributed by atoms with Crippen LogP contribution in [0.1, 0.15) is 71.5 Å². The topological polar surface area (TPSA) is 186 Å². The molecule has 6 rings (SSSR count). The maximum Gasteiger partial charge on any atom is 0.472 e. The van der Waals surface area contributed by atoms with E-state index in [-0.39, 0.29) is 32.0 Å². The molecule has 50 heavy (non-hydrogen) atoms. The van der Waals surface area contributed by atoms with Gasteiger partial charge in [0, 0.05) is 31.4 Å². The van der Waals surface area contributed by atoms with Crippen molar-refractivity contribution in [3.8, 4) is 0 Å². The van der Waals surface area contributed by atoms with Crippen molar-refractivity contribution in [3.63, 3.8) is 0 Å². The number of aldehydes is 2. The highest BCUT2D eigenvalue weighted by molar-refractivity contribution is 7.47. The van der Waals surface area contributed by atoms with E-state index >= 15 is 0 Å². The summed E-state index contributed by atoms with van der Waals surface area (Å²) in [5.74, 6) is 0. The van der Waals surface area contributed by atoms with Gasteiger partial charge in [-0.15, -0.1) is 0 Å². The van der Waals surface area contributed by atoms with Crippen LogP contribution < -0.4 is 0 Å². The highest BCUT2D eigenvalue weighted by Gasteiger charge is 2.33. The van der Waals surface area contributed by atoms with Gasteiger partial charge in [-0.05, 0) is 23.6 Å². The standard InChI is InChI=1S/2C9H11O4P.C9H12O2.C7H6O.C2H4O/c2*10-14(11)12-7-6-9(13-14)8-4-2-1-3-5-8;10-7-6-9(11)8-4-2-1-3-5-8;8-6-7-4-2-1-3-5-7;1-2-3/h2*1-5,9H,6-7H2,(H,10,11);1-5,9-11H,6-7H2;1-6H;2H,1H3. The zero-order valence-electron chi connectivity index (χ0n) is 27.6. The van der Waals surface area contributed by atoms with Gasteiger partial charge in [-0.1, -0.05) is 121 Å². The average Bonchev–Trinajstić information content (AvgIpc) is 3.13. The van der Waals surface area contributed by atoms with E-state index in [2.05, 4.69) is 9.05 Å². The number of benzene rings is 4. The number of hydrogen-bond donors (Lipinski definition) is 4. The number of rotatable bonds is 6. The molecule has 4 N–H and O–H groups in total. The predicted octanol–water partition coefficient (Wildman–Crippen LogP) is 7.34. The van der Waals surface area contributed by atoms with Crippen molar-refractivity contribution in [3.05, 3.63) is 144 Å². The normalized spacial score (nSPS) is 22.8. The van der Waals surface area contributed by atoms with Gasteiger partial charge >= 0.3 is 15.6 Å². The highest BCUT2D eigenvalue weighted by Crippen LogP contribution is 2.53. The van der Waals surface area contributed by atoms with Crippen LogP contribution in [0, 0.1) is 0 Å². The SMILES string of the molecule is CC=O.O=Cc1ccccc1.O=P1(O)OCCC(c2ccccc2)O1.O=P1(O)OCCC(c2ccccc2)O1.OCCC(O)c1ccccc1. The van der Waals surface area contributed by atoms with Crippen LogP contribution in [0.15, 0.2) is 121 Å². The van der Waals surface area contributed by atoms with E-state index < -0.39 is 21.7 Å². The van der Waals surface area contributed by atoms with E-state index in [4.69, 9.17) is 28.7 Å². The molecule has 5 atom stereocenters. The number of phosphoric ester groups is 2. The van der Waals surface area contributed by atoms with Crippen molar-refractivity contribution in [1.29, 1.82) is 0 Å². The summed E-state index contributed by atoms with van der Waals surface area (Å²) in [6.45, 7) is 1.98. The first-order chi connectivity index (χ1) is 24.0. The molecular formula is C36H44O12P2. The predicted molar refractivity (Wildman–Crippen MR) is 188 cm³/mol. The van der Waals surface area contributed by atoms with Crippen LogP contribution in [0.25, 0.3) is 0 Å². The molecule has 2 aliphatic heterocycles. The molecule has 0 bridgehead atoms. The molecule has 2 aliphatic rings. The van der Waals surface area contributed by atoms with Crippen molar-refractivity contribution < 1.29 is 56.8 Å². The summed E-state index contributed by atoms with van der Waals surface area (Å²) in [6, 6.07) is 37.2. The molecule has 0 aromatic heterocycles. The third kappa shape index (κ3) is 17.3. The highest BCUT2D eigenvalue weighted by atomic mass is 31.2. The van der Waals surface area contributed by atoms with Crippen molar-refractivity contribution in [2.24, 2.45) is 0 Å². The second kappa shape index (κ2) is 23.7. The molecule has 0 amide bonds. The zero-order chi connectivity index (χ0) is 36.7. The molecule has 12 nitrogen and oxygen atoms in total. The molecule has 4 aromatic rings. The largest absolute Gasteiger partial charge is 0.472 e. The molecular weight excluding hydrogens is 686 g/mol. The van der Waals surface area contributed by atoms with E-state index in [1.54, 1.807) is 12.1 Å². The maximum absolute atomic E-state index is 11.1. The van der Waals surface area contributed by atoms with Crippen molar-refractivity contribution in [2.45, 2.75) is 44.5 Å². The minimum Gasteiger partial charge on any atom is -0.396 e. The first-order valence-corrected chi connectivity index (χ1v) is 18.7. The summed E-state index contributed by atoms with van der Waals surface area (Å²) in [4.78, 5) is 37.0. The fraction of sp³-hybridized carbons (Fsp3) is 0.278. The van der Waals surface area contributed by atoms with Crippen LogP contribution in [-0.4, -0.2) is 52.4 Å². The molecule has 270 valence electrons. The molecule has 2 saturated heterocycles. The molecule has 2 fully saturated rings. The third-order valence-electron chi connectivity index (χ3n) is 6.66. The second-order valence-electron chi connectivity index (χ2n) is 10.4. The lowest BCUT2D eigenvalue weighted by Gasteiger charge is -2.25. The zero-order valence-corrected chi connectivity index (χ0v) is 29.4. The molecule has 5 unspecified atom stereocenters. The quantitative estimate of drug-likeness (QED) is 0.114. The van der Waals surface area contributed by atoms with Crippen molar-refractivity contribution in [1.82, 2.24) is 0 Å². The fourth-order valence-electron chi connectivity index (χ4n) is 4.32. The minimum absolute atomic E-state index is 0.0239. The fourth-order valence-corrected chi connectivity index (χ4v) is 6.22. The van der Waals surface area contributed by atoms with Crippen LogP contribution in [-0.2, 0) is 32.0 Å². The summed E-state index contributed by atoms with van der Waals surface area (Å²) in [5, 5.41) is 17.9. The average molecular weight is 731 g/mol. The molecule has 0 spiro atoms. The number of carbonyl (C=O) groups excluding carboxylic acids is 2. The van der Waals surface area contributed by atoms with Gasteiger partial charge in [-0.3, -0.25) is 22.9 Å². The van der Waals surface area contributed by atoms with Crippen molar-refractivity contribution >= 4 is 28.2 Å². The van der Waals surface area contributed by atoms with E-state index in [1.807, 2.05) is 109 Å². The molecule has 2 heterocycles. The van der Waals surface area contributed by atoms with Crippen LogP contribution in [0.2, 0.25) is 0 Å². The van der Waals surface area contributed by atoms with Crippen molar-refractivity contribution in [2.75, 3.05) is 19.8 Å². The van der Waals surface area contributed by atoms with E-state index in [1.165, 1.54) is 6.92 Å². The number of carbonyl (C=O) groups is 2. The second-order valence-corrected chi connectivity index (χ2v) is 13.2. The Kier molecular flexibility index (Phi) is 20.2. The third-order valence-corrected chi connectivity index (χ3v) is 8.71. The molecule has 4 aromatic carbocycles. The van der Waals surface area contributed by atoms with Crippen LogP contribution in [0.5, 0.6) is 0 Å². The van der Waals surface area contributed by atoms with Gasteiger partial charge in [-0.25, -0.2) is 9.13 Å². The van der Waals surface area contributed by atoms with E-state index in [0.717, 1.165) is 34.8 Å². The molecule has 0 aliphatic carbocycles. The summed E-state index contributed by atoms with van der Waals surface area (Å²) in [5.41, 5.74) is 3.41. The van der Waals surface area contributed by atoms with Gasteiger partial charge in [0.15, 0.2) is 0 Å². The first-order valence-electron chi connectivity index (χ1n) is 15.7. The number of aliphatic hydroxyl groups excluding tert-OH is 2. The monoisotopic (exact) mass is 730 g/mol. The summed E-state index contributed by atoms with van der Waals surface area (Å²) in [7, 11) is -7.62. The Balaban J connectivity index is 0.000000229. The van der Waals surface area contributed by atoms with Crippen LogP contribution >= 0.6 is 15.6 Å². The Labute approximate surface area is 292 Å². The molecule has 14 heteroatoms. The van der Waals surface area contributed by atoms with Gasteiger partial charge in [0.05, 0.1) is 31.5 Å². The Hall–Kier alpha value is -3.64. The Morgan fingerprint density at radius 2 is 1.04 bits per heavy atom. The summed E-state index contributed by atoms with van der Waals surface area (Å²) in [6.07, 6.45) is 2.01.